The van der Waals surface area contributed by atoms with E-state index in [2.05, 4.69) is 11.9 Å². The maximum Gasteiger partial charge on any atom is 0.195 e. The van der Waals surface area contributed by atoms with Gasteiger partial charge in [-0.05, 0) is 18.6 Å². The standard InChI is InChI=1S/C13H17NO/c1-2-3-4-5-10-13-14-11-8-6-7-9-12(11)15-13/h6-9H,2-5,10H2,1H3. The third kappa shape index (κ3) is 2.58. The Morgan fingerprint density at radius 2 is 2.00 bits per heavy atom. The molecule has 0 fully saturated rings. The van der Waals surface area contributed by atoms with Gasteiger partial charge in [0.15, 0.2) is 11.5 Å². The molecule has 2 aromatic rings. The quantitative estimate of drug-likeness (QED) is 0.688. The molecule has 0 saturated heterocycles. The lowest BCUT2D eigenvalue weighted by molar-refractivity contribution is 0.509. The molecular formula is C13H17NO. The van der Waals surface area contributed by atoms with Gasteiger partial charge in [-0.15, -0.1) is 0 Å². The molecule has 2 heteroatoms. The number of benzene rings is 1. The van der Waals surface area contributed by atoms with Gasteiger partial charge in [0.2, 0.25) is 0 Å². The van der Waals surface area contributed by atoms with Crippen LogP contribution in [0.1, 0.15) is 38.5 Å². The number of aryl methyl sites for hydroxylation is 1. The van der Waals surface area contributed by atoms with Crippen LogP contribution in [0.3, 0.4) is 0 Å². The highest BCUT2D eigenvalue weighted by Gasteiger charge is 2.03. The van der Waals surface area contributed by atoms with Crippen molar-refractivity contribution >= 4 is 11.1 Å². The number of hydrogen-bond donors (Lipinski definition) is 0. The summed E-state index contributed by atoms with van der Waals surface area (Å²) in [5, 5.41) is 0. The van der Waals surface area contributed by atoms with Crippen LogP contribution in [-0.2, 0) is 6.42 Å². The zero-order valence-corrected chi connectivity index (χ0v) is 9.20. The van der Waals surface area contributed by atoms with Crippen molar-refractivity contribution in [1.82, 2.24) is 4.98 Å². The van der Waals surface area contributed by atoms with Crippen LogP contribution in [0.25, 0.3) is 11.1 Å². The van der Waals surface area contributed by atoms with E-state index in [0.717, 1.165) is 23.4 Å². The highest BCUT2D eigenvalue weighted by molar-refractivity contribution is 5.72. The predicted octanol–water partition coefficient (Wildman–Crippen LogP) is 3.95. The lowest BCUT2D eigenvalue weighted by atomic mass is 10.1. The van der Waals surface area contributed by atoms with Gasteiger partial charge < -0.3 is 4.42 Å². The molecule has 1 aromatic carbocycles. The van der Waals surface area contributed by atoms with Crippen LogP contribution in [0, 0.1) is 0 Å². The van der Waals surface area contributed by atoms with Crippen molar-refractivity contribution in [2.24, 2.45) is 0 Å². The summed E-state index contributed by atoms with van der Waals surface area (Å²) in [5.41, 5.74) is 1.88. The first kappa shape index (κ1) is 10.2. The average molecular weight is 203 g/mol. The minimum absolute atomic E-state index is 0.882. The van der Waals surface area contributed by atoms with Gasteiger partial charge in [-0.25, -0.2) is 4.98 Å². The molecule has 0 unspecified atom stereocenters. The fourth-order valence-electron chi connectivity index (χ4n) is 1.73. The van der Waals surface area contributed by atoms with Gasteiger partial charge in [0, 0.05) is 6.42 Å². The fraction of sp³-hybridized carbons (Fsp3) is 0.462. The zero-order chi connectivity index (χ0) is 10.5. The van der Waals surface area contributed by atoms with E-state index < -0.39 is 0 Å². The van der Waals surface area contributed by atoms with Crippen molar-refractivity contribution in [2.75, 3.05) is 0 Å². The smallest absolute Gasteiger partial charge is 0.195 e. The van der Waals surface area contributed by atoms with Crippen molar-refractivity contribution < 1.29 is 4.42 Å². The molecule has 0 aliphatic heterocycles. The summed E-state index contributed by atoms with van der Waals surface area (Å²) in [7, 11) is 0. The Morgan fingerprint density at radius 3 is 2.80 bits per heavy atom. The number of unbranched alkanes of at least 4 members (excludes halogenated alkanes) is 3. The van der Waals surface area contributed by atoms with Crippen LogP contribution >= 0.6 is 0 Å². The Hall–Kier alpha value is -1.31. The first-order valence-electron chi connectivity index (χ1n) is 5.74. The minimum atomic E-state index is 0.882. The predicted molar refractivity (Wildman–Crippen MR) is 61.9 cm³/mol. The maximum atomic E-state index is 5.64. The molecule has 0 radical (unpaired) electrons. The van der Waals surface area contributed by atoms with E-state index in [1.54, 1.807) is 0 Å². The summed E-state index contributed by atoms with van der Waals surface area (Å²) in [6, 6.07) is 7.94. The van der Waals surface area contributed by atoms with E-state index in [9.17, 15) is 0 Å². The molecule has 0 saturated carbocycles. The number of para-hydroxylation sites is 2. The monoisotopic (exact) mass is 203 g/mol. The third-order valence-electron chi connectivity index (χ3n) is 2.58. The zero-order valence-electron chi connectivity index (χ0n) is 9.20. The molecule has 15 heavy (non-hydrogen) atoms. The molecule has 1 aromatic heterocycles. The number of oxazole rings is 1. The van der Waals surface area contributed by atoms with Gasteiger partial charge in [0.05, 0.1) is 0 Å². The van der Waals surface area contributed by atoms with Crippen LogP contribution in [0.2, 0.25) is 0 Å². The van der Waals surface area contributed by atoms with Crippen molar-refractivity contribution in [3.05, 3.63) is 30.2 Å². The third-order valence-corrected chi connectivity index (χ3v) is 2.58. The molecule has 1 heterocycles. The van der Waals surface area contributed by atoms with Crippen molar-refractivity contribution in [1.29, 1.82) is 0 Å². The first-order chi connectivity index (χ1) is 7.40. The summed E-state index contributed by atoms with van der Waals surface area (Å²) in [6.07, 6.45) is 6.00. The highest BCUT2D eigenvalue weighted by atomic mass is 16.3. The first-order valence-corrected chi connectivity index (χ1v) is 5.74. The Balaban J connectivity index is 1.97. The van der Waals surface area contributed by atoms with Crippen molar-refractivity contribution in [3.63, 3.8) is 0 Å². The SMILES string of the molecule is CCCCCCc1nc2ccccc2o1. The van der Waals surface area contributed by atoms with Crippen LogP contribution in [0.5, 0.6) is 0 Å². The van der Waals surface area contributed by atoms with E-state index in [1.165, 1.54) is 25.7 Å². The molecule has 80 valence electrons. The molecule has 0 aliphatic carbocycles. The van der Waals surface area contributed by atoms with E-state index in [0.29, 0.717) is 0 Å². The number of hydrogen-bond acceptors (Lipinski definition) is 2. The average Bonchev–Trinajstić information content (AvgIpc) is 2.67. The van der Waals surface area contributed by atoms with Gasteiger partial charge in [-0.3, -0.25) is 0 Å². The summed E-state index contributed by atoms with van der Waals surface area (Å²) >= 11 is 0. The molecule has 0 N–H and O–H groups in total. The van der Waals surface area contributed by atoms with Crippen LogP contribution in [0.15, 0.2) is 28.7 Å². The summed E-state index contributed by atoms with van der Waals surface area (Å²) < 4.78 is 5.64. The Labute approximate surface area is 90.3 Å². The second kappa shape index (κ2) is 4.96. The van der Waals surface area contributed by atoms with E-state index in [-0.39, 0.29) is 0 Å². The number of fused-ring (bicyclic) bond motifs is 1. The Morgan fingerprint density at radius 1 is 1.13 bits per heavy atom. The van der Waals surface area contributed by atoms with Crippen LogP contribution < -0.4 is 0 Å². The number of aromatic nitrogens is 1. The van der Waals surface area contributed by atoms with Crippen molar-refractivity contribution in [2.45, 2.75) is 39.0 Å². The van der Waals surface area contributed by atoms with Gasteiger partial charge >= 0.3 is 0 Å². The van der Waals surface area contributed by atoms with Gasteiger partial charge in [0.25, 0.3) is 0 Å². The van der Waals surface area contributed by atoms with E-state index in [4.69, 9.17) is 4.42 Å². The van der Waals surface area contributed by atoms with Crippen LogP contribution in [-0.4, -0.2) is 4.98 Å². The summed E-state index contributed by atoms with van der Waals surface area (Å²) in [4.78, 5) is 4.44. The largest absolute Gasteiger partial charge is 0.441 e. The molecule has 0 atom stereocenters. The second-order valence-corrected chi connectivity index (χ2v) is 3.89. The fourth-order valence-corrected chi connectivity index (χ4v) is 1.73. The summed E-state index contributed by atoms with van der Waals surface area (Å²) in [6.45, 7) is 2.22. The topological polar surface area (TPSA) is 26.0 Å². The molecule has 2 rings (SSSR count). The minimum Gasteiger partial charge on any atom is -0.441 e. The number of nitrogens with zero attached hydrogens (tertiary/aromatic N) is 1. The molecule has 0 bridgehead atoms. The highest BCUT2D eigenvalue weighted by Crippen LogP contribution is 2.16. The second-order valence-electron chi connectivity index (χ2n) is 3.89. The Bertz CT molecular complexity index is 386. The van der Waals surface area contributed by atoms with Crippen LogP contribution in [0.4, 0.5) is 0 Å². The normalized spacial score (nSPS) is 11.0. The lowest BCUT2D eigenvalue weighted by Crippen LogP contribution is -1.84. The molecular weight excluding hydrogens is 186 g/mol. The van der Waals surface area contributed by atoms with Gasteiger partial charge in [0.1, 0.15) is 5.52 Å². The molecule has 0 aliphatic rings. The van der Waals surface area contributed by atoms with Gasteiger partial charge in [-0.1, -0.05) is 38.3 Å². The number of rotatable bonds is 5. The molecule has 2 nitrogen and oxygen atoms in total. The molecule has 0 spiro atoms. The molecule has 0 amide bonds. The Kier molecular flexibility index (Phi) is 3.38. The summed E-state index contributed by atoms with van der Waals surface area (Å²) in [5.74, 6) is 0.882. The maximum absolute atomic E-state index is 5.64. The lowest BCUT2D eigenvalue weighted by Gasteiger charge is -1.94. The van der Waals surface area contributed by atoms with E-state index in [1.807, 2.05) is 24.3 Å². The van der Waals surface area contributed by atoms with Gasteiger partial charge in [-0.2, -0.15) is 0 Å². The van der Waals surface area contributed by atoms with Crippen molar-refractivity contribution in [3.8, 4) is 0 Å². The van der Waals surface area contributed by atoms with E-state index >= 15 is 0 Å².